The van der Waals surface area contributed by atoms with Crippen molar-refractivity contribution in [1.29, 1.82) is 0 Å². The van der Waals surface area contributed by atoms with E-state index in [1.54, 1.807) is 23.1 Å². The van der Waals surface area contributed by atoms with Gasteiger partial charge in [-0.2, -0.15) is 0 Å². The second-order valence-corrected chi connectivity index (χ2v) is 7.99. The third-order valence-electron chi connectivity index (χ3n) is 5.71. The topological polar surface area (TPSA) is 89.1 Å². The molecular formula is C24H27N3O5. The fourth-order valence-corrected chi connectivity index (χ4v) is 3.89. The molecule has 1 aliphatic rings. The number of amides is 1. The molecular weight excluding hydrogens is 410 g/mol. The van der Waals surface area contributed by atoms with Crippen molar-refractivity contribution in [2.24, 2.45) is 0 Å². The van der Waals surface area contributed by atoms with Crippen LogP contribution in [-0.2, 0) is 11.3 Å². The molecule has 0 atom stereocenters. The number of hydrogen-bond acceptors (Lipinski definition) is 6. The maximum Gasteiger partial charge on any atom is 0.409 e. The molecule has 1 aliphatic heterocycles. The molecule has 0 N–H and O–H groups in total. The van der Waals surface area contributed by atoms with Gasteiger partial charge in [-0.25, -0.2) is 4.79 Å². The van der Waals surface area contributed by atoms with E-state index in [2.05, 4.69) is 11.8 Å². The monoisotopic (exact) mass is 437 g/mol. The number of nitro benzene ring substituents is 1. The summed E-state index contributed by atoms with van der Waals surface area (Å²) in [5, 5.41) is 12.2. The van der Waals surface area contributed by atoms with Crippen molar-refractivity contribution in [1.82, 2.24) is 9.80 Å². The van der Waals surface area contributed by atoms with Gasteiger partial charge in [0.05, 0.1) is 17.1 Å². The standard InChI is InChI=1S/C24H27N3O5/c1-2-3-14-31-24(28)26-12-10-25(11-13-26)17-18-8-9-19-16-23(32-22(19)15-18)20-6-4-5-7-21(20)27(29)30/h4-9,15-16H,2-3,10-14,17H2,1H3. The number of rotatable bonds is 7. The van der Waals surface area contributed by atoms with Crippen molar-refractivity contribution in [2.75, 3.05) is 32.8 Å². The predicted molar refractivity (Wildman–Crippen MR) is 121 cm³/mol. The van der Waals surface area contributed by atoms with Gasteiger partial charge in [-0.3, -0.25) is 15.0 Å². The molecule has 2 heterocycles. The van der Waals surface area contributed by atoms with Gasteiger partial charge in [-0.1, -0.05) is 37.6 Å². The van der Waals surface area contributed by atoms with Crippen LogP contribution in [0.5, 0.6) is 0 Å². The first-order valence-corrected chi connectivity index (χ1v) is 11.0. The van der Waals surface area contributed by atoms with Gasteiger partial charge in [0.25, 0.3) is 5.69 Å². The third kappa shape index (κ3) is 4.91. The Morgan fingerprint density at radius 2 is 1.91 bits per heavy atom. The highest BCUT2D eigenvalue weighted by molar-refractivity contribution is 5.85. The Labute approximate surface area is 186 Å². The first kappa shape index (κ1) is 21.8. The predicted octanol–water partition coefficient (Wildman–Crippen LogP) is 5.06. The van der Waals surface area contributed by atoms with Gasteiger partial charge in [-0.15, -0.1) is 0 Å². The molecule has 0 aliphatic carbocycles. The molecule has 0 radical (unpaired) electrons. The van der Waals surface area contributed by atoms with Crippen molar-refractivity contribution >= 4 is 22.7 Å². The van der Waals surface area contributed by atoms with E-state index in [-0.39, 0.29) is 11.8 Å². The molecule has 8 nitrogen and oxygen atoms in total. The molecule has 4 rings (SSSR count). The van der Waals surface area contributed by atoms with Crippen LogP contribution in [0.3, 0.4) is 0 Å². The number of fused-ring (bicyclic) bond motifs is 1. The number of ether oxygens (including phenoxy) is 1. The molecule has 1 aromatic heterocycles. The summed E-state index contributed by atoms with van der Waals surface area (Å²) < 4.78 is 11.3. The summed E-state index contributed by atoms with van der Waals surface area (Å²) in [6.45, 7) is 6.15. The number of piperazine rings is 1. The van der Waals surface area contributed by atoms with Gasteiger partial charge in [-0.05, 0) is 30.2 Å². The summed E-state index contributed by atoms with van der Waals surface area (Å²) in [4.78, 5) is 27.1. The highest BCUT2D eigenvalue weighted by Crippen LogP contribution is 2.34. The first-order chi connectivity index (χ1) is 15.5. The van der Waals surface area contributed by atoms with Gasteiger partial charge in [0.1, 0.15) is 11.3 Å². The van der Waals surface area contributed by atoms with Gasteiger partial charge >= 0.3 is 6.09 Å². The summed E-state index contributed by atoms with van der Waals surface area (Å²) in [6, 6.07) is 14.4. The lowest BCUT2D eigenvalue weighted by atomic mass is 10.1. The van der Waals surface area contributed by atoms with Crippen LogP contribution in [0.1, 0.15) is 25.3 Å². The quantitative estimate of drug-likeness (QED) is 0.291. The molecule has 1 amide bonds. The van der Waals surface area contributed by atoms with E-state index in [4.69, 9.17) is 9.15 Å². The van der Waals surface area contributed by atoms with Gasteiger partial charge in [0, 0.05) is 44.2 Å². The Morgan fingerprint density at radius 1 is 1.12 bits per heavy atom. The van der Waals surface area contributed by atoms with Gasteiger partial charge in [0.15, 0.2) is 0 Å². The Balaban J connectivity index is 1.40. The molecule has 1 fully saturated rings. The summed E-state index contributed by atoms with van der Waals surface area (Å²) in [5.41, 5.74) is 2.30. The van der Waals surface area contributed by atoms with E-state index in [0.29, 0.717) is 36.6 Å². The highest BCUT2D eigenvalue weighted by atomic mass is 16.6. The number of hydrogen-bond donors (Lipinski definition) is 0. The molecule has 3 aromatic rings. The van der Waals surface area contributed by atoms with E-state index in [1.807, 2.05) is 24.3 Å². The molecule has 0 unspecified atom stereocenters. The summed E-state index contributed by atoms with van der Waals surface area (Å²) >= 11 is 0. The molecule has 32 heavy (non-hydrogen) atoms. The third-order valence-corrected chi connectivity index (χ3v) is 5.71. The smallest absolute Gasteiger partial charge is 0.409 e. The number of carbonyl (C=O) groups is 1. The molecule has 0 bridgehead atoms. The van der Waals surface area contributed by atoms with Gasteiger partial charge in [0.2, 0.25) is 0 Å². The van der Waals surface area contributed by atoms with Crippen LogP contribution in [0.25, 0.3) is 22.3 Å². The minimum atomic E-state index is -0.396. The number of para-hydroxylation sites is 1. The largest absolute Gasteiger partial charge is 0.456 e. The van der Waals surface area contributed by atoms with Crippen LogP contribution in [0.4, 0.5) is 10.5 Å². The minimum absolute atomic E-state index is 0.0258. The Bertz CT molecular complexity index is 1100. The second-order valence-electron chi connectivity index (χ2n) is 7.99. The maximum atomic E-state index is 12.1. The van der Waals surface area contributed by atoms with Gasteiger partial charge < -0.3 is 14.1 Å². The first-order valence-electron chi connectivity index (χ1n) is 11.0. The number of nitro groups is 1. The van der Waals surface area contributed by atoms with Crippen molar-refractivity contribution in [3.05, 3.63) is 64.2 Å². The number of benzene rings is 2. The number of unbranched alkanes of at least 4 members (excludes halogenated alkanes) is 1. The Morgan fingerprint density at radius 3 is 2.66 bits per heavy atom. The highest BCUT2D eigenvalue weighted by Gasteiger charge is 2.22. The van der Waals surface area contributed by atoms with Crippen molar-refractivity contribution < 1.29 is 18.9 Å². The van der Waals surface area contributed by atoms with E-state index in [1.165, 1.54) is 6.07 Å². The molecule has 0 saturated carbocycles. The minimum Gasteiger partial charge on any atom is -0.456 e. The van der Waals surface area contributed by atoms with E-state index in [9.17, 15) is 14.9 Å². The van der Waals surface area contributed by atoms with E-state index >= 15 is 0 Å². The van der Waals surface area contributed by atoms with Crippen LogP contribution < -0.4 is 0 Å². The lowest BCUT2D eigenvalue weighted by Gasteiger charge is -2.34. The Hall–Kier alpha value is -3.39. The SMILES string of the molecule is CCCCOC(=O)N1CCN(Cc2ccc3cc(-c4ccccc4[N+](=O)[O-])oc3c2)CC1. The Kier molecular flexibility index (Phi) is 6.70. The van der Waals surface area contributed by atoms with E-state index in [0.717, 1.165) is 43.4 Å². The number of furan rings is 1. The molecule has 168 valence electrons. The normalized spacial score (nSPS) is 14.6. The van der Waals surface area contributed by atoms with Crippen LogP contribution in [0.15, 0.2) is 52.9 Å². The zero-order valence-corrected chi connectivity index (χ0v) is 18.2. The van der Waals surface area contributed by atoms with Crippen LogP contribution in [-0.4, -0.2) is 53.6 Å². The maximum absolute atomic E-state index is 12.1. The second kappa shape index (κ2) is 9.82. The lowest BCUT2D eigenvalue weighted by Crippen LogP contribution is -2.48. The molecule has 8 heteroatoms. The average Bonchev–Trinajstić information content (AvgIpc) is 3.23. The zero-order chi connectivity index (χ0) is 22.5. The summed E-state index contributed by atoms with van der Waals surface area (Å²) in [5.74, 6) is 0.486. The lowest BCUT2D eigenvalue weighted by molar-refractivity contribution is -0.384. The van der Waals surface area contributed by atoms with E-state index < -0.39 is 4.92 Å². The molecule has 0 spiro atoms. The van der Waals surface area contributed by atoms with Crippen molar-refractivity contribution in [2.45, 2.75) is 26.3 Å². The molecule has 2 aromatic carbocycles. The summed E-state index contributed by atoms with van der Waals surface area (Å²) in [6.07, 6.45) is 1.67. The van der Waals surface area contributed by atoms with Crippen molar-refractivity contribution in [3.63, 3.8) is 0 Å². The average molecular weight is 437 g/mol. The zero-order valence-electron chi connectivity index (χ0n) is 18.2. The number of carbonyl (C=O) groups excluding carboxylic acids is 1. The van der Waals surface area contributed by atoms with Crippen molar-refractivity contribution in [3.8, 4) is 11.3 Å². The number of nitrogens with zero attached hydrogens (tertiary/aromatic N) is 3. The summed E-state index contributed by atoms with van der Waals surface area (Å²) in [7, 11) is 0. The fourth-order valence-electron chi connectivity index (χ4n) is 3.89. The van der Waals surface area contributed by atoms with Crippen LogP contribution >= 0.6 is 0 Å². The fraction of sp³-hybridized carbons (Fsp3) is 0.375. The van der Waals surface area contributed by atoms with Crippen LogP contribution in [0, 0.1) is 10.1 Å². The van der Waals surface area contributed by atoms with Crippen LogP contribution in [0.2, 0.25) is 0 Å². The molecule has 1 saturated heterocycles.